The largest absolute Gasteiger partial charge is 0.454 e. The van der Waals surface area contributed by atoms with Crippen molar-refractivity contribution in [3.05, 3.63) is 199 Å². The van der Waals surface area contributed by atoms with E-state index in [1.54, 1.807) is 0 Å². The number of nitrogens with zero attached hydrogens (tertiary/aromatic N) is 2. The Morgan fingerprint density at radius 1 is 0.556 bits per heavy atom. The number of hydrogen-bond donors (Lipinski definition) is 0. The number of rotatable bonds is 5. The standard InChI is InChI=1S/C51H34N2O/c1-2-12-35-29-36(23-22-33(35)11-1)34-24-26-40(27-25-34)53(50-49-39(15-10-28-52-49)32-47-45-20-7-8-21-48(45)54-51(47)50)41-16-9-14-37(30-41)46-31-38-13-3-4-17-42(38)43-18-5-6-19-44(43)46/h1-24,26-32,34H,25H2. The molecule has 2 aromatic heterocycles. The molecule has 1 aliphatic rings. The van der Waals surface area contributed by atoms with Crippen molar-refractivity contribution in [1.82, 2.24) is 4.98 Å². The van der Waals surface area contributed by atoms with E-state index in [0.29, 0.717) is 0 Å². The Morgan fingerprint density at radius 2 is 1.31 bits per heavy atom. The first-order chi connectivity index (χ1) is 26.8. The summed E-state index contributed by atoms with van der Waals surface area (Å²) < 4.78 is 6.80. The normalized spacial score (nSPS) is 14.4. The number of fused-ring (bicyclic) bond motifs is 8. The molecule has 0 fully saturated rings. The van der Waals surface area contributed by atoms with Gasteiger partial charge in [0.15, 0.2) is 5.58 Å². The maximum Gasteiger partial charge on any atom is 0.161 e. The molecule has 1 aliphatic carbocycles. The summed E-state index contributed by atoms with van der Waals surface area (Å²) >= 11 is 0. The monoisotopic (exact) mass is 690 g/mol. The number of aromatic nitrogens is 1. The third-order valence-electron chi connectivity index (χ3n) is 11.2. The predicted molar refractivity (Wildman–Crippen MR) is 227 cm³/mol. The lowest BCUT2D eigenvalue weighted by Crippen LogP contribution is -2.18. The van der Waals surface area contributed by atoms with Gasteiger partial charge in [-0.2, -0.15) is 0 Å². The summed E-state index contributed by atoms with van der Waals surface area (Å²) in [6, 6.07) is 58.9. The Morgan fingerprint density at radius 3 is 2.19 bits per heavy atom. The second kappa shape index (κ2) is 12.3. The predicted octanol–water partition coefficient (Wildman–Crippen LogP) is 14.0. The van der Waals surface area contributed by atoms with Crippen LogP contribution in [0, 0.1) is 0 Å². The van der Waals surface area contributed by atoms with E-state index in [-0.39, 0.29) is 5.92 Å². The first kappa shape index (κ1) is 30.6. The highest BCUT2D eigenvalue weighted by atomic mass is 16.3. The Labute approximate surface area is 312 Å². The van der Waals surface area contributed by atoms with Crippen LogP contribution in [-0.4, -0.2) is 4.98 Å². The fourth-order valence-corrected chi connectivity index (χ4v) is 8.56. The van der Waals surface area contributed by atoms with Gasteiger partial charge in [0.1, 0.15) is 11.3 Å². The molecule has 0 spiro atoms. The van der Waals surface area contributed by atoms with E-state index in [0.717, 1.165) is 61.9 Å². The highest BCUT2D eigenvalue weighted by Gasteiger charge is 2.26. The van der Waals surface area contributed by atoms with E-state index in [9.17, 15) is 0 Å². The highest BCUT2D eigenvalue weighted by Crippen LogP contribution is 2.46. The van der Waals surface area contributed by atoms with Gasteiger partial charge in [-0.25, -0.2) is 0 Å². The quantitative estimate of drug-likeness (QED) is 0.168. The smallest absolute Gasteiger partial charge is 0.161 e. The van der Waals surface area contributed by atoms with Crippen molar-refractivity contribution in [2.45, 2.75) is 12.3 Å². The minimum absolute atomic E-state index is 0.271. The van der Waals surface area contributed by atoms with Crippen molar-refractivity contribution in [2.75, 3.05) is 4.90 Å². The zero-order valence-corrected chi connectivity index (χ0v) is 29.5. The molecule has 254 valence electrons. The molecule has 11 rings (SSSR count). The van der Waals surface area contributed by atoms with Crippen molar-refractivity contribution in [3.63, 3.8) is 0 Å². The van der Waals surface area contributed by atoms with E-state index in [2.05, 4.69) is 175 Å². The number of hydrogen-bond acceptors (Lipinski definition) is 3. The molecule has 1 atom stereocenters. The molecule has 0 N–H and O–H groups in total. The van der Waals surface area contributed by atoms with Crippen LogP contribution in [0.5, 0.6) is 0 Å². The third kappa shape index (κ3) is 4.93. The highest BCUT2D eigenvalue weighted by molar-refractivity contribution is 6.18. The maximum atomic E-state index is 6.80. The first-order valence-corrected chi connectivity index (χ1v) is 18.6. The first-order valence-electron chi connectivity index (χ1n) is 18.6. The van der Waals surface area contributed by atoms with Crippen LogP contribution < -0.4 is 4.90 Å². The molecule has 0 amide bonds. The van der Waals surface area contributed by atoms with Gasteiger partial charge in [0.2, 0.25) is 0 Å². The van der Waals surface area contributed by atoms with Crippen molar-refractivity contribution >= 4 is 76.5 Å². The average Bonchev–Trinajstić information content (AvgIpc) is 3.61. The molecule has 0 aliphatic heterocycles. The van der Waals surface area contributed by atoms with Gasteiger partial charge in [-0.1, -0.05) is 140 Å². The maximum absolute atomic E-state index is 6.80. The molecule has 8 aromatic carbocycles. The fraction of sp³-hybridized carbons (Fsp3) is 0.0392. The number of allylic oxidation sites excluding steroid dienone is 3. The minimum Gasteiger partial charge on any atom is -0.454 e. The molecular weight excluding hydrogens is 657 g/mol. The van der Waals surface area contributed by atoms with Crippen molar-refractivity contribution in [3.8, 4) is 11.1 Å². The van der Waals surface area contributed by atoms with Crippen LogP contribution in [0.4, 0.5) is 11.4 Å². The fourth-order valence-electron chi connectivity index (χ4n) is 8.56. The summed E-state index contributed by atoms with van der Waals surface area (Å²) in [7, 11) is 0. The van der Waals surface area contributed by atoms with Gasteiger partial charge in [-0.05, 0) is 97.9 Å². The Kier molecular flexibility index (Phi) is 6.99. The van der Waals surface area contributed by atoms with Crippen LogP contribution in [0.2, 0.25) is 0 Å². The van der Waals surface area contributed by atoms with Gasteiger partial charge in [0.25, 0.3) is 0 Å². The van der Waals surface area contributed by atoms with Crippen LogP contribution >= 0.6 is 0 Å². The van der Waals surface area contributed by atoms with E-state index >= 15 is 0 Å². The number of pyridine rings is 1. The molecule has 3 heteroatoms. The Bertz CT molecular complexity index is 3170. The van der Waals surface area contributed by atoms with Gasteiger partial charge in [-0.15, -0.1) is 0 Å². The number of para-hydroxylation sites is 1. The second-order valence-electron chi connectivity index (χ2n) is 14.3. The molecule has 0 saturated carbocycles. The lowest BCUT2D eigenvalue weighted by Gasteiger charge is -2.30. The van der Waals surface area contributed by atoms with Crippen molar-refractivity contribution < 1.29 is 4.42 Å². The van der Waals surface area contributed by atoms with Crippen molar-refractivity contribution in [2.24, 2.45) is 0 Å². The van der Waals surface area contributed by atoms with Gasteiger partial charge < -0.3 is 9.32 Å². The number of anilines is 2. The lowest BCUT2D eigenvalue weighted by atomic mass is 9.89. The SMILES string of the molecule is C1=CC(c2ccc3ccccc3c2)CC=C1N(c1cccc(-c2cc3ccccc3c3ccccc23)c1)c1c2ncccc2cc2c1oc1ccccc12. The third-order valence-corrected chi connectivity index (χ3v) is 11.2. The molecule has 54 heavy (non-hydrogen) atoms. The average molecular weight is 691 g/mol. The summed E-state index contributed by atoms with van der Waals surface area (Å²) in [4.78, 5) is 7.41. The molecular formula is C51H34N2O. The summed E-state index contributed by atoms with van der Waals surface area (Å²) in [6.45, 7) is 0. The zero-order chi connectivity index (χ0) is 35.6. The van der Waals surface area contributed by atoms with Crippen LogP contribution in [-0.2, 0) is 0 Å². The molecule has 10 aromatic rings. The zero-order valence-electron chi connectivity index (χ0n) is 29.5. The van der Waals surface area contributed by atoms with Crippen LogP contribution in [0.15, 0.2) is 198 Å². The number of furan rings is 1. The second-order valence-corrected chi connectivity index (χ2v) is 14.3. The molecule has 2 heterocycles. The molecule has 1 unspecified atom stereocenters. The van der Waals surface area contributed by atoms with E-state index < -0.39 is 0 Å². The van der Waals surface area contributed by atoms with E-state index in [4.69, 9.17) is 9.40 Å². The van der Waals surface area contributed by atoms with Crippen LogP contribution in [0.1, 0.15) is 17.9 Å². The van der Waals surface area contributed by atoms with Gasteiger partial charge >= 0.3 is 0 Å². The van der Waals surface area contributed by atoms with Crippen LogP contribution in [0.3, 0.4) is 0 Å². The molecule has 0 saturated heterocycles. The van der Waals surface area contributed by atoms with Gasteiger partial charge in [-0.3, -0.25) is 4.98 Å². The van der Waals surface area contributed by atoms with Gasteiger partial charge in [0, 0.05) is 39.7 Å². The summed E-state index contributed by atoms with van der Waals surface area (Å²) in [5.41, 5.74) is 9.36. The molecule has 3 nitrogen and oxygen atoms in total. The summed E-state index contributed by atoms with van der Waals surface area (Å²) in [5.74, 6) is 0.271. The van der Waals surface area contributed by atoms with E-state index in [1.165, 1.54) is 43.4 Å². The molecule has 0 bridgehead atoms. The summed E-state index contributed by atoms with van der Waals surface area (Å²) in [5, 5.41) is 10.8. The van der Waals surface area contributed by atoms with E-state index in [1.807, 2.05) is 18.3 Å². The number of benzene rings is 8. The Hall–Kier alpha value is -6.97. The van der Waals surface area contributed by atoms with Crippen molar-refractivity contribution in [1.29, 1.82) is 0 Å². The summed E-state index contributed by atoms with van der Waals surface area (Å²) in [6.07, 6.45) is 9.79. The Balaban J connectivity index is 1.13. The van der Waals surface area contributed by atoms with Crippen LogP contribution in [0.25, 0.3) is 76.3 Å². The minimum atomic E-state index is 0.271. The topological polar surface area (TPSA) is 29.3 Å². The molecule has 0 radical (unpaired) electrons. The van der Waals surface area contributed by atoms with Gasteiger partial charge in [0.05, 0.1) is 5.52 Å². The lowest BCUT2D eigenvalue weighted by molar-refractivity contribution is 0.669.